The van der Waals surface area contributed by atoms with Crippen molar-refractivity contribution in [3.8, 4) is 5.75 Å². The van der Waals surface area contributed by atoms with E-state index in [2.05, 4.69) is 19.9 Å². The fraction of sp³-hybridized carbons (Fsp3) is 0.450. The van der Waals surface area contributed by atoms with E-state index >= 15 is 0 Å². The highest BCUT2D eigenvalue weighted by atomic mass is 19.1. The molecule has 0 unspecified atom stereocenters. The van der Waals surface area contributed by atoms with Gasteiger partial charge >= 0.3 is 0 Å². The van der Waals surface area contributed by atoms with Crippen LogP contribution in [-0.4, -0.2) is 40.8 Å². The quantitative estimate of drug-likeness (QED) is 0.897. The fourth-order valence-electron chi connectivity index (χ4n) is 3.68. The Labute approximate surface area is 157 Å². The molecular weight excluding hydrogens is 347 g/mol. The first-order chi connectivity index (χ1) is 13.1. The second-order valence-corrected chi connectivity index (χ2v) is 7.04. The molecule has 0 saturated carbocycles. The molecule has 1 N–H and O–H groups in total. The molecule has 0 fully saturated rings. The first-order valence-electron chi connectivity index (χ1n) is 9.34. The van der Waals surface area contributed by atoms with Gasteiger partial charge in [-0.05, 0) is 37.5 Å². The molecular formula is C20H23FN4O2. The van der Waals surface area contributed by atoms with E-state index in [1.54, 1.807) is 19.2 Å². The lowest BCUT2D eigenvalue weighted by atomic mass is 10.0. The highest BCUT2D eigenvalue weighted by Gasteiger charge is 2.23. The van der Waals surface area contributed by atoms with Gasteiger partial charge in [0.25, 0.3) is 5.56 Å². The number of aromatic amines is 1. The zero-order chi connectivity index (χ0) is 18.8. The van der Waals surface area contributed by atoms with Gasteiger partial charge in [-0.2, -0.15) is 0 Å². The maximum atomic E-state index is 14.1. The maximum Gasteiger partial charge on any atom is 0.255 e. The van der Waals surface area contributed by atoms with Gasteiger partial charge in [0.2, 0.25) is 0 Å². The molecule has 0 saturated heterocycles. The van der Waals surface area contributed by atoms with Crippen molar-refractivity contribution in [1.82, 2.24) is 14.9 Å². The van der Waals surface area contributed by atoms with Crippen LogP contribution < -0.4 is 10.3 Å². The van der Waals surface area contributed by atoms with Gasteiger partial charge in [-0.25, -0.2) is 9.37 Å². The number of nitrogens with one attached hydrogen (secondary N) is 1. The van der Waals surface area contributed by atoms with Crippen LogP contribution in [0.5, 0.6) is 5.75 Å². The van der Waals surface area contributed by atoms with Gasteiger partial charge in [-0.15, -0.1) is 0 Å². The summed E-state index contributed by atoms with van der Waals surface area (Å²) < 4.78 is 19.3. The molecule has 6 nitrogen and oxygen atoms in total. The average molecular weight is 370 g/mol. The Morgan fingerprint density at radius 1 is 1.30 bits per heavy atom. The lowest BCUT2D eigenvalue weighted by molar-refractivity contribution is 0.238. The van der Waals surface area contributed by atoms with Gasteiger partial charge in [0.05, 0.1) is 24.1 Å². The number of ether oxygens (including phenoxy) is 1. The van der Waals surface area contributed by atoms with Crippen LogP contribution in [0, 0.1) is 5.82 Å². The highest BCUT2D eigenvalue weighted by Crippen LogP contribution is 2.22. The molecule has 2 aromatic rings. The molecule has 142 valence electrons. The number of halogens is 1. The third kappa shape index (κ3) is 3.78. The highest BCUT2D eigenvalue weighted by molar-refractivity contribution is 5.97. The molecule has 0 bridgehead atoms. The van der Waals surface area contributed by atoms with Gasteiger partial charge < -0.3 is 9.72 Å². The molecule has 7 heteroatoms. The van der Waals surface area contributed by atoms with E-state index in [-0.39, 0.29) is 11.4 Å². The molecule has 0 radical (unpaired) electrons. The number of nitrogens with zero attached hydrogens (tertiary/aromatic N) is 3. The predicted molar refractivity (Wildman–Crippen MR) is 101 cm³/mol. The minimum atomic E-state index is -0.265. The summed E-state index contributed by atoms with van der Waals surface area (Å²) in [7, 11) is 1.56. The Kier molecular flexibility index (Phi) is 5.03. The summed E-state index contributed by atoms with van der Waals surface area (Å²) in [6.45, 7) is 2.42. The molecule has 2 aliphatic rings. The predicted octanol–water partition coefficient (Wildman–Crippen LogP) is 2.45. The topological polar surface area (TPSA) is 70.6 Å². The van der Waals surface area contributed by atoms with Gasteiger partial charge in [-0.1, -0.05) is 0 Å². The first kappa shape index (κ1) is 17.9. The van der Waals surface area contributed by atoms with Gasteiger partial charge in [0.1, 0.15) is 11.6 Å². The van der Waals surface area contributed by atoms with Crippen molar-refractivity contribution < 1.29 is 9.13 Å². The Hall–Kier alpha value is -2.54. The van der Waals surface area contributed by atoms with Crippen LogP contribution in [0.1, 0.15) is 41.9 Å². The van der Waals surface area contributed by atoms with Crippen molar-refractivity contribution in [2.24, 2.45) is 4.99 Å². The minimum absolute atomic E-state index is 0.112. The summed E-state index contributed by atoms with van der Waals surface area (Å²) in [6, 6.07) is 4.73. The summed E-state index contributed by atoms with van der Waals surface area (Å²) in [6.07, 6.45) is 3.71. The zero-order valence-electron chi connectivity index (χ0n) is 15.4. The van der Waals surface area contributed by atoms with E-state index in [9.17, 15) is 9.18 Å². The van der Waals surface area contributed by atoms with Crippen LogP contribution in [0.25, 0.3) is 0 Å². The fourth-order valence-corrected chi connectivity index (χ4v) is 3.68. The second-order valence-electron chi connectivity index (χ2n) is 7.04. The largest absolute Gasteiger partial charge is 0.497 e. The van der Waals surface area contributed by atoms with E-state index in [1.807, 2.05) is 0 Å². The molecule has 0 aliphatic carbocycles. The smallest absolute Gasteiger partial charge is 0.255 e. The normalized spacial score (nSPS) is 17.3. The summed E-state index contributed by atoms with van der Waals surface area (Å²) in [5.41, 5.74) is 2.87. The van der Waals surface area contributed by atoms with Gasteiger partial charge in [0.15, 0.2) is 5.82 Å². The number of rotatable bonds is 4. The van der Waals surface area contributed by atoms with E-state index in [1.165, 1.54) is 6.07 Å². The maximum absolute atomic E-state index is 14.1. The average Bonchev–Trinajstić information content (AvgIpc) is 2.70. The Balaban J connectivity index is 1.55. The lowest BCUT2D eigenvalue weighted by Crippen LogP contribution is -2.36. The lowest BCUT2D eigenvalue weighted by Gasteiger charge is -2.28. The van der Waals surface area contributed by atoms with E-state index in [0.717, 1.165) is 43.8 Å². The summed E-state index contributed by atoms with van der Waals surface area (Å²) >= 11 is 0. The van der Waals surface area contributed by atoms with E-state index < -0.39 is 0 Å². The molecule has 1 aromatic heterocycles. The molecule has 27 heavy (non-hydrogen) atoms. The number of hydrogen-bond donors (Lipinski definition) is 1. The Morgan fingerprint density at radius 3 is 2.96 bits per heavy atom. The summed E-state index contributed by atoms with van der Waals surface area (Å²) in [5.74, 6) is 0.978. The molecule has 4 rings (SSSR count). The second kappa shape index (κ2) is 7.60. The number of aliphatic imine (C=N–C) groups is 1. The van der Waals surface area contributed by atoms with Crippen LogP contribution >= 0.6 is 0 Å². The van der Waals surface area contributed by atoms with Crippen LogP contribution in [0.15, 0.2) is 28.0 Å². The molecule has 0 amide bonds. The van der Waals surface area contributed by atoms with Crippen molar-refractivity contribution in [2.45, 2.75) is 38.8 Å². The van der Waals surface area contributed by atoms with Crippen LogP contribution in [-0.2, 0) is 19.5 Å². The molecule has 3 heterocycles. The van der Waals surface area contributed by atoms with Crippen molar-refractivity contribution in [1.29, 1.82) is 0 Å². The number of methoxy groups -OCH3 is 1. The Bertz CT molecular complexity index is 938. The molecule has 0 atom stereocenters. The third-order valence-electron chi connectivity index (χ3n) is 5.19. The van der Waals surface area contributed by atoms with Crippen molar-refractivity contribution >= 4 is 5.71 Å². The third-order valence-corrected chi connectivity index (χ3v) is 5.19. The van der Waals surface area contributed by atoms with Gasteiger partial charge in [-0.3, -0.25) is 14.7 Å². The number of aromatic nitrogens is 2. The monoisotopic (exact) mass is 370 g/mol. The first-order valence-corrected chi connectivity index (χ1v) is 9.34. The number of benzene rings is 1. The van der Waals surface area contributed by atoms with Crippen LogP contribution in [0.3, 0.4) is 0 Å². The number of hydrogen-bond acceptors (Lipinski definition) is 5. The van der Waals surface area contributed by atoms with E-state index in [0.29, 0.717) is 42.2 Å². The van der Waals surface area contributed by atoms with Crippen LogP contribution in [0.4, 0.5) is 4.39 Å². The Morgan fingerprint density at radius 2 is 2.19 bits per heavy atom. The summed E-state index contributed by atoms with van der Waals surface area (Å²) in [5, 5.41) is 0. The minimum Gasteiger partial charge on any atom is -0.497 e. The molecule has 2 aliphatic heterocycles. The van der Waals surface area contributed by atoms with Gasteiger partial charge in [0, 0.05) is 38.2 Å². The van der Waals surface area contributed by atoms with Crippen molar-refractivity contribution in [2.75, 3.05) is 20.2 Å². The standard InChI is InChI=1S/C20H23FN4O2/c1-27-14-5-6-16(21)13(10-14)11-25-9-7-17-15(12-25)20(26)24-19(23-17)18-4-2-3-8-22-18/h5-6,10H,2-4,7-9,11-12H2,1H3,(H,23,24,26). The SMILES string of the molecule is COc1ccc(F)c(CN2CCc3nc(C4=NCCCC4)[nH]c(=O)c3C2)c1. The van der Waals surface area contributed by atoms with E-state index in [4.69, 9.17) is 4.74 Å². The summed E-state index contributed by atoms with van der Waals surface area (Å²) in [4.78, 5) is 26.8. The molecule has 0 spiro atoms. The zero-order valence-corrected chi connectivity index (χ0v) is 15.4. The number of fused-ring (bicyclic) bond motifs is 1. The van der Waals surface area contributed by atoms with Crippen molar-refractivity contribution in [3.63, 3.8) is 0 Å². The molecule has 1 aromatic carbocycles. The van der Waals surface area contributed by atoms with Crippen LogP contribution in [0.2, 0.25) is 0 Å². The number of H-pyrrole nitrogens is 1. The van der Waals surface area contributed by atoms with Crippen molar-refractivity contribution in [3.05, 3.63) is 57.0 Å².